The van der Waals surface area contributed by atoms with E-state index in [9.17, 15) is 0 Å². The summed E-state index contributed by atoms with van der Waals surface area (Å²) < 4.78 is 0. The van der Waals surface area contributed by atoms with Crippen LogP contribution in [0.15, 0.2) is 24.9 Å². The molecule has 0 atom stereocenters. The van der Waals surface area contributed by atoms with Gasteiger partial charge in [0, 0.05) is 21.2 Å². The van der Waals surface area contributed by atoms with Gasteiger partial charge in [-0.25, -0.2) is 4.98 Å². The van der Waals surface area contributed by atoms with E-state index in [0.29, 0.717) is 0 Å². The fourth-order valence-corrected chi connectivity index (χ4v) is 1.03. The Kier molecular flexibility index (Phi) is 6.43. The lowest BCUT2D eigenvalue weighted by atomic mass is 10.1. The molecule has 1 heterocycles. The lowest BCUT2D eigenvalue weighted by Gasteiger charge is -2.15. The topological polar surface area (TPSA) is 16.1 Å². The molecular formula is C13H24N2. The van der Waals surface area contributed by atoms with E-state index < -0.39 is 0 Å². The Morgan fingerprint density at radius 2 is 2.07 bits per heavy atom. The molecule has 0 aromatic carbocycles. The smallest absolute Gasteiger partial charge is 0.128 e. The van der Waals surface area contributed by atoms with Gasteiger partial charge < -0.3 is 4.90 Å². The van der Waals surface area contributed by atoms with E-state index in [0.717, 1.165) is 23.5 Å². The Morgan fingerprint density at radius 3 is 2.40 bits per heavy atom. The second-order valence-corrected chi connectivity index (χ2v) is 3.20. The van der Waals surface area contributed by atoms with Crippen LogP contribution in [0, 0.1) is 0 Å². The molecule has 0 spiro atoms. The highest BCUT2D eigenvalue weighted by molar-refractivity contribution is 5.61. The zero-order valence-electron chi connectivity index (χ0n) is 10.5. The van der Waals surface area contributed by atoms with Crippen molar-refractivity contribution >= 4 is 11.4 Å². The van der Waals surface area contributed by atoms with Crippen LogP contribution in [0.4, 0.5) is 5.82 Å². The van der Waals surface area contributed by atoms with Gasteiger partial charge in [-0.3, -0.25) is 0 Å². The maximum Gasteiger partial charge on any atom is 0.128 e. The van der Waals surface area contributed by atoms with Gasteiger partial charge in [-0.05, 0) is 37.1 Å². The third-order valence-electron chi connectivity index (χ3n) is 2.11. The highest BCUT2D eigenvalue weighted by Crippen LogP contribution is 2.14. The van der Waals surface area contributed by atoms with Gasteiger partial charge in [0.05, 0.1) is 0 Å². The molecule has 0 aliphatic carbocycles. The first-order chi connectivity index (χ1) is 7.15. The molecule has 0 amide bonds. The van der Waals surface area contributed by atoms with Crippen molar-refractivity contribution in [1.82, 2.24) is 4.98 Å². The van der Waals surface area contributed by atoms with Crippen LogP contribution >= 0.6 is 0 Å². The SMILES string of the molecule is C=C(C)c1ccc(N(C)CC)nc1.CC.[HH]. The first-order valence-electron chi connectivity index (χ1n) is 5.48. The Bertz CT molecular complexity index is 293. The van der Waals surface area contributed by atoms with Crippen LogP contribution in [0.1, 0.15) is 34.7 Å². The summed E-state index contributed by atoms with van der Waals surface area (Å²) in [5, 5.41) is 0. The minimum absolute atomic E-state index is 0. The third-order valence-corrected chi connectivity index (χ3v) is 2.11. The van der Waals surface area contributed by atoms with Gasteiger partial charge in [0.15, 0.2) is 0 Å². The lowest BCUT2D eigenvalue weighted by Crippen LogP contribution is -2.16. The van der Waals surface area contributed by atoms with E-state index in [1.165, 1.54) is 0 Å². The maximum absolute atomic E-state index is 4.34. The molecule has 0 saturated carbocycles. The van der Waals surface area contributed by atoms with Crippen molar-refractivity contribution in [2.45, 2.75) is 27.7 Å². The summed E-state index contributed by atoms with van der Waals surface area (Å²) in [6.45, 7) is 12.9. The van der Waals surface area contributed by atoms with Gasteiger partial charge in [0.2, 0.25) is 0 Å². The number of anilines is 1. The molecule has 86 valence electrons. The quantitative estimate of drug-likeness (QED) is 0.750. The minimum atomic E-state index is 0. The number of hydrogen-bond acceptors (Lipinski definition) is 2. The Labute approximate surface area is 95.1 Å². The summed E-state index contributed by atoms with van der Waals surface area (Å²) in [7, 11) is 2.03. The molecule has 2 nitrogen and oxygen atoms in total. The van der Waals surface area contributed by atoms with Crippen molar-refractivity contribution in [3.05, 3.63) is 30.5 Å². The van der Waals surface area contributed by atoms with E-state index in [-0.39, 0.29) is 1.43 Å². The van der Waals surface area contributed by atoms with Gasteiger partial charge in [-0.1, -0.05) is 20.4 Å². The molecule has 1 rings (SSSR count). The van der Waals surface area contributed by atoms with E-state index in [1.54, 1.807) is 0 Å². The predicted molar refractivity (Wildman–Crippen MR) is 71.4 cm³/mol. The zero-order chi connectivity index (χ0) is 11.8. The van der Waals surface area contributed by atoms with Gasteiger partial charge in [0.25, 0.3) is 0 Å². The molecule has 0 N–H and O–H groups in total. The van der Waals surface area contributed by atoms with Crippen LogP contribution in [0.25, 0.3) is 5.57 Å². The molecule has 0 saturated heterocycles. The Hall–Kier alpha value is -1.31. The lowest BCUT2D eigenvalue weighted by molar-refractivity contribution is 0.938. The van der Waals surface area contributed by atoms with Gasteiger partial charge >= 0.3 is 0 Å². The third kappa shape index (κ3) is 4.15. The van der Waals surface area contributed by atoms with Crippen molar-refractivity contribution < 1.29 is 1.43 Å². The van der Waals surface area contributed by atoms with Crippen LogP contribution in [-0.2, 0) is 0 Å². The summed E-state index contributed by atoms with van der Waals surface area (Å²) >= 11 is 0. The van der Waals surface area contributed by atoms with Crippen molar-refractivity contribution in [2.75, 3.05) is 18.5 Å². The molecule has 0 aliphatic rings. The molecule has 0 fully saturated rings. The van der Waals surface area contributed by atoms with Crippen LogP contribution in [-0.4, -0.2) is 18.6 Å². The Morgan fingerprint density at radius 1 is 1.47 bits per heavy atom. The van der Waals surface area contributed by atoms with Gasteiger partial charge in [-0.15, -0.1) is 0 Å². The van der Waals surface area contributed by atoms with Crippen molar-refractivity contribution in [3.63, 3.8) is 0 Å². The highest BCUT2D eigenvalue weighted by atomic mass is 15.1. The molecule has 2 heteroatoms. The fraction of sp³-hybridized carbons (Fsp3) is 0.462. The fourth-order valence-electron chi connectivity index (χ4n) is 1.03. The van der Waals surface area contributed by atoms with Crippen LogP contribution < -0.4 is 4.90 Å². The van der Waals surface area contributed by atoms with E-state index in [2.05, 4.69) is 29.5 Å². The highest BCUT2D eigenvalue weighted by Gasteiger charge is 1.99. The second kappa shape index (κ2) is 7.04. The molecule has 1 aromatic rings. The molecule has 1 aromatic heterocycles. The zero-order valence-corrected chi connectivity index (χ0v) is 10.5. The second-order valence-electron chi connectivity index (χ2n) is 3.20. The van der Waals surface area contributed by atoms with Crippen LogP contribution in [0.3, 0.4) is 0 Å². The van der Waals surface area contributed by atoms with Crippen LogP contribution in [0.2, 0.25) is 0 Å². The van der Waals surface area contributed by atoms with Crippen molar-refractivity contribution in [2.24, 2.45) is 0 Å². The summed E-state index contributed by atoms with van der Waals surface area (Å²) in [6, 6.07) is 4.07. The van der Waals surface area contributed by atoms with Crippen molar-refractivity contribution in [1.29, 1.82) is 0 Å². The van der Waals surface area contributed by atoms with Gasteiger partial charge in [-0.2, -0.15) is 0 Å². The molecular weight excluding hydrogens is 184 g/mol. The number of allylic oxidation sites excluding steroid dienone is 1. The standard InChI is InChI=1S/C11H16N2.C2H6.H2/c1-5-13(4)11-7-6-10(8-12-11)9(2)3;1-2;/h6-8H,2,5H2,1,3-4H3;1-2H3;1H. The normalized spacial score (nSPS) is 8.87. The monoisotopic (exact) mass is 208 g/mol. The van der Waals surface area contributed by atoms with Crippen LogP contribution in [0.5, 0.6) is 0 Å². The van der Waals surface area contributed by atoms with E-state index in [4.69, 9.17) is 0 Å². The van der Waals surface area contributed by atoms with E-state index in [1.807, 2.05) is 40.1 Å². The summed E-state index contributed by atoms with van der Waals surface area (Å²) in [5.41, 5.74) is 2.16. The predicted octanol–water partition coefficient (Wildman–Crippen LogP) is 3.84. The first-order valence-corrected chi connectivity index (χ1v) is 5.48. The number of aromatic nitrogens is 1. The minimum Gasteiger partial charge on any atom is -0.360 e. The summed E-state index contributed by atoms with van der Waals surface area (Å²) in [6.07, 6.45) is 1.86. The first kappa shape index (κ1) is 13.7. The number of hydrogen-bond donors (Lipinski definition) is 0. The molecule has 0 bridgehead atoms. The van der Waals surface area contributed by atoms with E-state index >= 15 is 0 Å². The van der Waals surface area contributed by atoms with Gasteiger partial charge in [0.1, 0.15) is 5.82 Å². The number of pyridine rings is 1. The summed E-state index contributed by atoms with van der Waals surface area (Å²) in [4.78, 5) is 6.44. The summed E-state index contributed by atoms with van der Waals surface area (Å²) in [5.74, 6) is 1.01. The molecule has 0 radical (unpaired) electrons. The molecule has 0 unspecified atom stereocenters. The average molecular weight is 208 g/mol. The largest absolute Gasteiger partial charge is 0.360 e. The van der Waals surface area contributed by atoms with Crippen molar-refractivity contribution in [3.8, 4) is 0 Å². The molecule has 0 aliphatic heterocycles. The maximum atomic E-state index is 4.34. The average Bonchev–Trinajstić information content (AvgIpc) is 2.31. The number of rotatable bonds is 3. The molecule has 15 heavy (non-hydrogen) atoms. The Balaban J connectivity index is 0. The number of nitrogens with zero attached hydrogens (tertiary/aromatic N) is 2.